The van der Waals surface area contributed by atoms with Crippen LogP contribution in [0.1, 0.15) is 37.7 Å². The maximum atomic E-state index is 6.01. The molecule has 1 aromatic rings. The van der Waals surface area contributed by atoms with Crippen LogP contribution in [0.4, 0.5) is 5.69 Å². The Bertz CT molecular complexity index is 702. The number of hydrogen-bond acceptors (Lipinski definition) is 2. The molecule has 0 amide bonds. The number of rotatable bonds is 1. The molecule has 24 heavy (non-hydrogen) atoms. The van der Waals surface area contributed by atoms with Crippen LogP contribution in [0.5, 0.6) is 0 Å². The molecule has 0 unspecified atom stereocenters. The maximum Gasteiger partial charge on any atom is 0.199 e. The number of methoxy groups -OCH3 is 1. The van der Waals surface area contributed by atoms with Gasteiger partial charge in [0.2, 0.25) is 0 Å². The molecule has 1 aliphatic heterocycles. The lowest BCUT2D eigenvalue weighted by Gasteiger charge is -2.60. The Morgan fingerprint density at radius 3 is 2.17 bits per heavy atom. The van der Waals surface area contributed by atoms with E-state index >= 15 is 0 Å². The van der Waals surface area contributed by atoms with Gasteiger partial charge in [-0.1, -0.05) is 37.0 Å². The van der Waals surface area contributed by atoms with Gasteiger partial charge in [-0.15, -0.1) is 0 Å². The second kappa shape index (κ2) is 4.75. The first kappa shape index (κ1) is 15.2. The number of aliphatic imine (C=N–C) groups is 1. The predicted molar refractivity (Wildman–Crippen MR) is 102 cm³/mol. The molecule has 0 N–H and O–H groups in total. The summed E-state index contributed by atoms with van der Waals surface area (Å²) in [5.41, 5.74) is 2.92. The van der Waals surface area contributed by atoms with Gasteiger partial charge in [-0.05, 0) is 67.4 Å². The Kier molecular flexibility index (Phi) is 3.00. The number of hydrogen-bond donors (Lipinski definition) is 0. The lowest BCUT2D eigenvalue weighted by atomic mass is 9.44. The summed E-state index contributed by atoms with van der Waals surface area (Å²) in [6.45, 7) is 7.45. The summed E-state index contributed by atoms with van der Waals surface area (Å²) in [6, 6.07) is 6.86. The lowest BCUT2D eigenvalue weighted by molar-refractivity contribution is -0.0348. The van der Waals surface area contributed by atoms with Crippen molar-refractivity contribution < 1.29 is 4.74 Å². The van der Waals surface area contributed by atoms with Crippen molar-refractivity contribution in [1.29, 1.82) is 0 Å². The third-order valence-electron chi connectivity index (χ3n) is 7.46. The summed E-state index contributed by atoms with van der Waals surface area (Å²) in [6.07, 6.45) is 7.08. The highest BCUT2D eigenvalue weighted by atomic mass is 28.3. The second-order valence-corrected chi connectivity index (χ2v) is 14.8. The Labute approximate surface area is 146 Å². The van der Waals surface area contributed by atoms with Crippen LogP contribution in [0, 0.1) is 23.7 Å². The third kappa shape index (κ3) is 1.74. The molecule has 0 radical (unpaired) electrons. The molecule has 0 aromatic heterocycles. The van der Waals surface area contributed by atoms with Crippen LogP contribution in [0.3, 0.4) is 0 Å². The number of ether oxygens (including phenoxy) is 1. The van der Waals surface area contributed by atoms with E-state index in [0.29, 0.717) is 0 Å². The summed E-state index contributed by atoms with van der Waals surface area (Å²) in [4.78, 5) is 5.06. The van der Waals surface area contributed by atoms with Gasteiger partial charge >= 0.3 is 0 Å². The van der Waals surface area contributed by atoms with E-state index in [1.807, 2.05) is 7.11 Å². The van der Waals surface area contributed by atoms with Crippen molar-refractivity contribution in [3.63, 3.8) is 0 Å². The molecule has 1 aromatic carbocycles. The first-order chi connectivity index (χ1) is 11.4. The molecule has 0 atom stereocenters. The average molecular weight is 340 g/mol. The Morgan fingerprint density at radius 1 is 1.00 bits per heavy atom. The predicted octanol–water partition coefficient (Wildman–Crippen LogP) is 4.62. The molecule has 4 saturated carbocycles. The zero-order chi connectivity index (χ0) is 16.7. The highest BCUT2D eigenvalue weighted by Crippen LogP contribution is 2.66. The fraction of sp³-hybridized carbons (Fsp3) is 0.667. The van der Waals surface area contributed by atoms with E-state index in [-0.39, 0.29) is 5.41 Å². The van der Waals surface area contributed by atoms with Gasteiger partial charge in [-0.3, -0.25) is 0 Å². The normalized spacial score (nSPS) is 39.2. The Hall–Kier alpha value is -1.09. The van der Waals surface area contributed by atoms with Crippen LogP contribution in [0.2, 0.25) is 19.6 Å². The molecule has 4 bridgehead atoms. The van der Waals surface area contributed by atoms with E-state index in [0.717, 1.165) is 29.6 Å². The van der Waals surface area contributed by atoms with E-state index in [1.54, 1.807) is 10.8 Å². The monoisotopic (exact) mass is 339 g/mol. The van der Waals surface area contributed by atoms with Crippen molar-refractivity contribution in [2.75, 3.05) is 7.11 Å². The summed E-state index contributed by atoms with van der Waals surface area (Å²) in [5.74, 6) is 4.51. The molecule has 3 heteroatoms. The van der Waals surface area contributed by atoms with Crippen LogP contribution in [0.25, 0.3) is 0 Å². The molecule has 1 spiro atoms. The summed E-state index contributed by atoms with van der Waals surface area (Å²) >= 11 is 0. The minimum Gasteiger partial charge on any atom is -0.483 e. The second-order valence-electron chi connectivity index (χ2n) is 9.74. The standard InChI is InChI=1S/C21H29NOSi/c1-23-20-21(15-9-13-8-14(11-15)12-16(21)10-13)19-17(22-20)6-5-7-18(19)24(2,3)4/h5-7,13-16H,8-12H2,1-4H3. The Balaban J connectivity index is 1.77. The summed E-state index contributed by atoms with van der Waals surface area (Å²) in [7, 11) is 0.428. The van der Waals surface area contributed by atoms with Crippen molar-refractivity contribution in [2.24, 2.45) is 28.7 Å². The minimum absolute atomic E-state index is 0.106. The van der Waals surface area contributed by atoms with Gasteiger partial charge in [0, 0.05) is 0 Å². The van der Waals surface area contributed by atoms with E-state index in [2.05, 4.69) is 37.8 Å². The molecule has 4 aliphatic carbocycles. The quantitative estimate of drug-likeness (QED) is 0.684. The smallest absolute Gasteiger partial charge is 0.199 e. The van der Waals surface area contributed by atoms with Crippen molar-refractivity contribution in [3.05, 3.63) is 23.8 Å². The largest absolute Gasteiger partial charge is 0.483 e. The zero-order valence-electron chi connectivity index (χ0n) is 15.4. The number of fused-ring (bicyclic) bond motifs is 1. The van der Waals surface area contributed by atoms with Gasteiger partial charge in [-0.25, -0.2) is 4.99 Å². The van der Waals surface area contributed by atoms with Gasteiger partial charge in [0.15, 0.2) is 5.90 Å². The fourth-order valence-electron chi connectivity index (χ4n) is 6.90. The molecule has 1 heterocycles. The number of nitrogens with zero attached hydrogens (tertiary/aromatic N) is 1. The molecule has 6 rings (SSSR count). The third-order valence-corrected chi connectivity index (χ3v) is 9.49. The highest BCUT2D eigenvalue weighted by Gasteiger charge is 2.64. The molecular weight excluding hydrogens is 310 g/mol. The van der Waals surface area contributed by atoms with Crippen LogP contribution < -0.4 is 5.19 Å². The van der Waals surface area contributed by atoms with Gasteiger partial charge in [0.25, 0.3) is 0 Å². The van der Waals surface area contributed by atoms with Gasteiger partial charge < -0.3 is 4.74 Å². The van der Waals surface area contributed by atoms with Crippen LogP contribution in [-0.2, 0) is 10.2 Å². The molecule has 4 fully saturated rings. The zero-order valence-corrected chi connectivity index (χ0v) is 16.4. The first-order valence-corrected chi connectivity index (χ1v) is 13.2. The molecule has 128 valence electrons. The van der Waals surface area contributed by atoms with Crippen LogP contribution >= 0.6 is 0 Å². The minimum atomic E-state index is -1.43. The average Bonchev–Trinajstić information content (AvgIpc) is 2.86. The van der Waals surface area contributed by atoms with E-state index in [9.17, 15) is 0 Å². The summed E-state index contributed by atoms with van der Waals surface area (Å²) in [5, 5.41) is 1.63. The Morgan fingerprint density at radius 2 is 1.62 bits per heavy atom. The number of benzene rings is 1. The highest BCUT2D eigenvalue weighted by molar-refractivity contribution is 6.89. The van der Waals surface area contributed by atoms with Crippen molar-refractivity contribution in [1.82, 2.24) is 0 Å². The first-order valence-electron chi connectivity index (χ1n) is 9.71. The SMILES string of the molecule is COC1=Nc2cccc([Si](C)(C)C)c2C12C1CC3CC(C1)CC2C3. The summed E-state index contributed by atoms with van der Waals surface area (Å²) < 4.78 is 6.01. The van der Waals surface area contributed by atoms with Crippen LogP contribution in [0.15, 0.2) is 23.2 Å². The van der Waals surface area contributed by atoms with Crippen molar-refractivity contribution >= 4 is 24.8 Å². The van der Waals surface area contributed by atoms with E-state index in [1.165, 1.54) is 37.8 Å². The molecule has 0 saturated heterocycles. The molecule has 5 aliphatic rings. The van der Waals surface area contributed by atoms with Crippen molar-refractivity contribution in [2.45, 2.75) is 57.2 Å². The van der Waals surface area contributed by atoms with Crippen LogP contribution in [-0.4, -0.2) is 21.1 Å². The van der Waals surface area contributed by atoms with E-state index in [4.69, 9.17) is 9.73 Å². The molecule has 2 nitrogen and oxygen atoms in total. The molecular formula is C21H29NOSi. The van der Waals surface area contributed by atoms with E-state index < -0.39 is 8.07 Å². The topological polar surface area (TPSA) is 21.6 Å². The van der Waals surface area contributed by atoms with Gasteiger partial charge in [0.05, 0.1) is 26.3 Å². The maximum absolute atomic E-state index is 6.01. The fourth-order valence-corrected chi connectivity index (χ4v) is 8.58. The lowest BCUT2D eigenvalue weighted by Crippen LogP contribution is -2.61. The van der Waals surface area contributed by atoms with Gasteiger partial charge in [0.1, 0.15) is 0 Å². The van der Waals surface area contributed by atoms with Crippen molar-refractivity contribution in [3.8, 4) is 0 Å². The van der Waals surface area contributed by atoms with Gasteiger partial charge in [-0.2, -0.15) is 0 Å².